The Hall–Kier alpha value is -1.69. The summed E-state index contributed by atoms with van der Waals surface area (Å²) < 4.78 is 22.1. The fourth-order valence-corrected chi connectivity index (χ4v) is 4.18. The molecule has 1 saturated heterocycles. The zero-order chi connectivity index (χ0) is 23.0. The van der Waals surface area contributed by atoms with Crippen LogP contribution in [0.2, 0.25) is 5.82 Å². The Morgan fingerprint density at radius 3 is 2.45 bits per heavy atom. The highest BCUT2D eigenvalue weighted by molar-refractivity contribution is 6.12. The molecule has 1 aromatic carbocycles. The van der Waals surface area contributed by atoms with Gasteiger partial charge in [-0.05, 0) is 54.1 Å². The minimum absolute atomic E-state index is 0.0343. The van der Waals surface area contributed by atoms with Gasteiger partial charge >= 0.3 is 5.97 Å². The molecule has 0 aliphatic carbocycles. The molecule has 2 radical (unpaired) electrons. The van der Waals surface area contributed by atoms with E-state index in [1.807, 2.05) is 6.07 Å². The van der Waals surface area contributed by atoms with E-state index in [4.69, 9.17) is 26.8 Å². The molecule has 0 spiro atoms. The third kappa shape index (κ3) is 7.45. The molecule has 0 N–H and O–H groups in total. The SMILES string of the molecule is [B]C(CC(Cc1ccc(OC)c(OCCCOC)c1)C(C)C)C1CC(C(C)C)C(=O)O1. The number of hydrogen-bond acceptors (Lipinski definition) is 5. The minimum atomic E-state index is -0.184. The zero-order valence-electron chi connectivity index (χ0n) is 20.1. The molecule has 0 amide bonds. The van der Waals surface area contributed by atoms with Gasteiger partial charge in [0, 0.05) is 20.1 Å². The van der Waals surface area contributed by atoms with Crippen LogP contribution in [0.4, 0.5) is 0 Å². The van der Waals surface area contributed by atoms with Gasteiger partial charge in [-0.15, -0.1) is 0 Å². The lowest BCUT2D eigenvalue weighted by atomic mass is 9.70. The average molecular weight is 430 g/mol. The topological polar surface area (TPSA) is 54.0 Å². The molecule has 31 heavy (non-hydrogen) atoms. The summed E-state index contributed by atoms with van der Waals surface area (Å²) in [6.07, 6.45) is 3.07. The molecule has 4 atom stereocenters. The normalized spacial score (nSPS) is 20.7. The van der Waals surface area contributed by atoms with Crippen LogP contribution in [0.1, 0.15) is 52.5 Å². The molecule has 4 unspecified atom stereocenters. The Morgan fingerprint density at radius 2 is 1.87 bits per heavy atom. The van der Waals surface area contributed by atoms with Crippen LogP contribution in [-0.4, -0.2) is 47.4 Å². The van der Waals surface area contributed by atoms with Crippen molar-refractivity contribution in [3.63, 3.8) is 0 Å². The van der Waals surface area contributed by atoms with E-state index in [-0.39, 0.29) is 29.7 Å². The molecule has 1 aliphatic heterocycles. The quantitative estimate of drug-likeness (QED) is 0.254. The van der Waals surface area contributed by atoms with Gasteiger partial charge in [0.05, 0.1) is 33.6 Å². The van der Waals surface area contributed by atoms with Gasteiger partial charge in [0.2, 0.25) is 0 Å². The lowest BCUT2D eigenvalue weighted by Crippen LogP contribution is -2.22. The molecule has 1 fully saturated rings. The van der Waals surface area contributed by atoms with Crippen LogP contribution in [0, 0.1) is 23.7 Å². The molecule has 1 aliphatic rings. The second-order valence-corrected chi connectivity index (χ2v) is 9.35. The molecule has 1 aromatic rings. The van der Waals surface area contributed by atoms with Gasteiger partial charge in [0.25, 0.3) is 0 Å². The van der Waals surface area contributed by atoms with Gasteiger partial charge in [0.15, 0.2) is 11.5 Å². The number of esters is 1. The Morgan fingerprint density at radius 1 is 1.13 bits per heavy atom. The van der Waals surface area contributed by atoms with E-state index in [0.29, 0.717) is 25.0 Å². The van der Waals surface area contributed by atoms with Gasteiger partial charge in [-0.2, -0.15) is 0 Å². The number of benzene rings is 1. The molecule has 172 valence electrons. The predicted octanol–water partition coefficient (Wildman–Crippen LogP) is 4.86. The number of ether oxygens (including phenoxy) is 4. The van der Waals surface area contributed by atoms with E-state index in [9.17, 15) is 4.79 Å². The Bertz CT molecular complexity index is 690. The van der Waals surface area contributed by atoms with Crippen LogP contribution in [0.3, 0.4) is 0 Å². The first kappa shape index (κ1) is 25.6. The van der Waals surface area contributed by atoms with Gasteiger partial charge in [-0.1, -0.05) is 40.2 Å². The number of hydrogen-bond donors (Lipinski definition) is 0. The third-order valence-electron chi connectivity index (χ3n) is 6.33. The standard InChI is InChI=1S/C25H39BO5/c1-16(2)19(14-21(26)23-15-20(17(3)4)25(27)31-23)12-18-8-9-22(29-6)24(13-18)30-11-7-10-28-5/h8-9,13,16-17,19-21,23H,7,10-12,14-15H2,1-6H3. The summed E-state index contributed by atoms with van der Waals surface area (Å²) in [5.41, 5.74) is 1.19. The number of rotatable bonds is 13. The maximum Gasteiger partial charge on any atom is 0.309 e. The number of carbonyl (C=O) groups is 1. The molecule has 1 heterocycles. The Kier molecular flexibility index (Phi) is 10.2. The summed E-state index contributed by atoms with van der Waals surface area (Å²) in [5, 5.41) is 0. The van der Waals surface area contributed by atoms with E-state index >= 15 is 0 Å². The van der Waals surface area contributed by atoms with Crippen molar-refractivity contribution in [1.82, 2.24) is 0 Å². The summed E-state index contributed by atoms with van der Waals surface area (Å²) in [7, 11) is 9.87. The molecule has 0 aromatic heterocycles. The second-order valence-electron chi connectivity index (χ2n) is 9.35. The highest BCUT2D eigenvalue weighted by Crippen LogP contribution is 2.38. The summed E-state index contributed by atoms with van der Waals surface area (Å²) in [4.78, 5) is 12.2. The molecular formula is C25H39BO5. The van der Waals surface area contributed by atoms with Gasteiger partial charge in [-0.3, -0.25) is 4.79 Å². The van der Waals surface area contributed by atoms with E-state index in [1.54, 1.807) is 14.2 Å². The highest BCUT2D eigenvalue weighted by Gasteiger charge is 2.39. The third-order valence-corrected chi connectivity index (χ3v) is 6.33. The van der Waals surface area contributed by atoms with Crippen LogP contribution < -0.4 is 9.47 Å². The molecule has 2 rings (SSSR count). The first-order valence-electron chi connectivity index (χ1n) is 11.5. The summed E-state index contributed by atoms with van der Waals surface area (Å²) in [6.45, 7) is 9.82. The maximum atomic E-state index is 12.2. The molecule has 0 saturated carbocycles. The van der Waals surface area contributed by atoms with Crippen molar-refractivity contribution in [3.8, 4) is 11.5 Å². The average Bonchev–Trinajstić information content (AvgIpc) is 3.13. The van der Waals surface area contributed by atoms with Crippen molar-refractivity contribution in [2.45, 2.75) is 65.3 Å². The lowest BCUT2D eigenvalue weighted by Gasteiger charge is -2.27. The van der Waals surface area contributed by atoms with Crippen molar-refractivity contribution in [1.29, 1.82) is 0 Å². The summed E-state index contributed by atoms with van der Waals surface area (Å²) in [5.74, 6) is 2.33. The van der Waals surface area contributed by atoms with Crippen molar-refractivity contribution in [2.24, 2.45) is 23.7 Å². The van der Waals surface area contributed by atoms with E-state index in [2.05, 4.69) is 39.8 Å². The van der Waals surface area contributed by atoms with Crippen molar-refractivity contribution < 1.29 is 23.7 Å². The van der Waals surface area contributed by atoms with Gasteiger partial charge in [0.1, 0.15) is 0 Å². The van der Waals surface area contributed by atoms with Crippen LogP contribution in [-0.2, 0) is 20.7 Å². The predicted molar refractivity (Wildman–Crippen MR) is 124 cm³/mol. The zero-order valence-corrected chi connectivity index (χ0v) is 20.1. The Balaban J connectivity index is 2.03. The highest BCUT2D eigenvalue weighted by atomic mass is 16.6. The first-order chi connectivity index (χ1) is 14.8. The lowest BCUT2D eigenvalue weighted by molar-refractivity contribution is -0.145. The maximum absolute atomic E-state index is 12.2. The van der Waals surface area contributed by atoms with Crippen LogP contribution in [0.25, 0.3) is 0 Å². The number of cyclic esters (lactones) is 1. The fourth-order valence-electron chi connectivity index (χ4n) is 4.18. The Labute approximate surface area is 189 Å². The van der Waals surface area contributed by atoms with Gasteiger partial charge < -0.3 is 18.9 Å². The molecular weight excluding hydrogens is 391 g/mol. The number of methoxy groups -OCH3 is 2. The molecule has 5 nitrogen and oxygen atoms in total. The largest absolute Gasteiger partial charge is 0.493 e. The van der Waals surface area contributed by atoms with Crippen LogP contribution in [0.15, 0.2) is 18.2 Å². The van der Waals surface area contributed by atoms with Crippen molar-refractivity contribution in [3.05, 3.63) is 23.8 Å². The molecule has 6 heteroatoms. The first-order valence-corrected chi connectivity index (χ1v) is 11.5. The van der Waals surface area contributed by atoms with E-state index in [1.165, 1.54) is 5.56 Å². The van der Waals surface area contributed by atoms with E-state index in [0.717, 1.165) is 37.2 Å². The van der Waals surface area contributed by atoms with Crippen molar-refractivity contribution >= 4 is 13.8 Å². The smallest absolute Gasteiger partial charge is 0.309 e. The fraction of sp³-hybridized carbons (Fsp3) is 0.720. The second kappa shape index (κ2) is 12.4. The van der Waals surface area contributed by atoms with E-state index < -0.39 is 0 Å². The minimum Gasteiger partial charge on any atom is -0.493 e. The summed E-state index contributed by atoms with van der Waals surface area (Å²) in [6, 6.07) is 6.12. The monoisotopic (exact) mass is 430 g/mol. The summed E-state index contributed by atoms with van der Waals surface area (Å²) >= 11 is 0. The van der Waals surface area contributed by atoms with Crippen LogP contribution >= 0.6 is 0 Å². The van der Waals surface area contributed by atoms with Crippen molar-refractivity contribution in [2.75, 3.05) is 27.4 Å². The van der Waals surface area contributed by atoms with Crippen LogP contribution in [0.5, 0.6) is 11.5 Å². The van der Waals surface area contributed by atoms with Gasteiger partial charge in [-0.25, -0.2) is 0 Å². The number of carbonyl (C=O) groups excluding carboxylic acids is 1. The molecule has 0 bridgehead atoms.